The zero-order valence-electron chi connectivity index (χ0n) is 17.8. The van der Waals surface area contributed by atoms with Crippen molar-refractivity contribution < 1.29 is 18.8 Å². The molecule has 0 unspecified atom stereocenters. The van der Waals surface area contributed by atoms with Gasteiger partial charge in [0.1, 0.15) is 0 Å². The Kier molecular flexibility index (Phi) is 6.66. The molecule has 0 aliphatic rings. The van der Waals surface area contributed by atoms with Crippen molar-refractivity contribution in [3.8, 4) is 0 Å². The Morgan fingerprint density at radius 1 is 0.909 bits per heavy atom. The molecule has 2 aromatic carbocycles. The minimum atomic E-state index is -0.334. The van der Waals surface area contributed by atoms with E-state index < -0.39 is 0 Å². The number of hydrogen-bond donors (Lipinski definition) is 2. The van der Waals surface area contributed by atoms with Crippen LogP contribution < -0.4 is 15.5 Å². The molecule has 0 aliphatic carbocycles. The first-order valence-electron chi connectivity index (χ1n) is 10.2. The van der Waals surface area contributed by atoms with E-state index in [9.17, 15) is 14.4 Å². The molecule has 4 aromatic rings. The fourth-order valence-electron chi connectivity index (χ4n) is 3.22. The van der Waals surface area contributed by atoms with E-state index in [4.69, 9.17) is 4.42 Å². The number of thiophene rings is 1. The first kappa shape index (κ1) is 22.0. The van der Waals surface area contributed by atoms with Crippen molar-refractivity contribution in [2.45, 2.75) is 6.54 Å². The van der Waals surface area contributed by atoms with E-state index in [-0.39, 0.29) is 23.5 Å². The van der Waals surface area contributed by atoms with Gasteiger partial charge in [0, 0.05) is 19.3 Å². The summed E-state index contributed by atoms with van der Waals surface area (Å²) >= 11 is 1.36. The lowest BCUT2D eigenvalue weighted by Crippen LogP contribution is -2.30. The Hall–Kier alpha value is -4.17. The molecule has 0 radical (unpaired) electrons. The third-order valence-electron chi connectivity index (χ3n) is 4.96. The number of rotatable bonds is 7. The molecule has 8 heteroatoms. The zero-order valence-corrected chi connectivity index (χ0v) is 18.6. The quantitative estimate of drug-likeness (QED) is 0.415. The molecule has 7 nitrogen and oxygen atoms in total. The van der Waals surface area contributed by atoms with Crippen LogP contribution in [0.4, 0.5) is 11.4 Å². The SMILES string of the molecule is CN(C(=O)c1cccs1)c1ccccc1C(=O)NCc1ccc(NC(=O)c2ccco2)cc1. The minimum absolute atomic E-state index is 0.169. The topological polar surface area (TPSA) is 91.7 Å². The van der Waals surface area contributed by atoms with Crippen LogP contribution in [0, 0.1) is 0 Å². The van der Waals surface area contributed by atoms with E-state index in [1.165, 1.54) is 22.5 Å². The van der Waals surface area contributed by atoms with Gasteiger partial charge in [-0.15, -0.1) is 11.3 Å². The maximum absolute atomic E-state index is 12.9. The van der Waals surface area contributed by atoms with Crippen LogP contribution in [0.3, 0.4) is 0 Å². The van der Waals surface area contributed by atoms with Gasteiger partial charge in [0.05, 0.1) is 22.4 Å². The van der Waals surface area contributed by atoms with E-state index in [0.717, 1.165) is 5.56 Å². The highest BCUT2D eigenvalue weighted by atomic mass is 32.1. The summed E-state index contributed by atoms with van der Waals surface area (Å²) in [5.41, 5.74) is 2.42. The van der Waals surface area contributed by atoms with Crippen LogP contribution in [0.5, 0.6) is 0 Å². The summed E-state index contributed by atoms with van der Waals surface area (Å²) in [6.45, 7) is 0.294. The van der Waals surface area contributed by atoms with Crippen molar-refractivity contribution in [1.82, 2.24) is 5.32 Å². The Morgan fingerprint density at radius 2 is 1.70 bits per heavy atom. The molecule has 4 rings (SSSR count). The Labute approximate surface area is 194 Å². The molecule has 0 atom stereocenters. The van der Waals surface area contributed by atoms with E-state index in [0.29, 0.717) is 28.4 Å². The standard InChI is InChI=1S/C25H21N3O4S/c1-28(25(31)22-9-5-15-33-22)20-7-3-2-6-19(20)23(29)26-16-17-10-12-18(13-11-17)27-24(30)21-8-4-14-32-21/h2-15H,16H2,1H3,(H,26,29)(H,27,30). The van der Waals surface area contributed by atoms with Gasteiger partial charge in [-0.3, -0.25) is 14.4 Å². The van der Waals surface area contributed by atoms with Gasteiger partial charge < -0.3 is 20.0 Å². The number of benzene rings is 2. The molecular weight excluding hydrogens is 438 g/mol. The Bertz CT molecular complexity index is 1250. The van der Waals surface area contributed by atoms with Crippen LogP contribution in [0.15, 0.2) is 88.9 Å². The molecule has 0 fully saturated rings. The molecule has 0 spiro atoms. The highest BCUT2D eigenvalue weighted by Crippen LogP contribution is 2.23. The number of nitrogens with one attached hydrogen (secondary N) is 2. The molecule has 0 aliphatic heterocycles. The van der Waals surface area contributed by atoms with Gasteiger partial charge in [-0.25, -0.2) is 0 Å². The normalized spacial score (nSPS) is 10.5. The first-order chi connectivity index (χ1) is 16.0. The minimum Gasteiger partial charge on any atom is -0.459 e. The average Bonchev–Trinajstić information content (AvgIpc) is 3.57. The van der Waals surface area contributed by atoms with Gasteiger partial charge in [0.2, 0.25) is 0 Å². The molecule has 0 saturated heterocycles. The second-order valence-electron chi connectivity index (χ2n) is 7.17. The van der Waals surface area contributed by atoms with Crippen LogP contribution in [-0.2, 0) is 6.54 Å². The number of hydrogen-bond acceptors (Lipinski definition) is 5. The van der Waals surface area contributed by atoms with E-state index in [1.807, 2.05) is 23.6 Å². The van der Waals surface area contributed by atoms with Gasteiger partial charge in [0.15, 0.2) is 5.76 Å². The second-order valence-corrected chi connectivity index (χ2v) is 8.12. The predicted molar refractivity (Wildman–Crippen MR) is 128 cm³/mol. The summed E-state index contributed by atoms with van der Waals surface area (Å²) in [6.07, 6.45) is 1.44. The fraction of sp³-hybridized carbons (Fsp3) is 0.0800. The number of nitrogens with zero attached hydrogens (tertiary/aromatic N) is 1. The lowest BCUT2D eigenvalue weighted by atomic mass is 10.1. The third-order valence-corrected chi connectivity index (χ3v) is 5.81. The van der Waals surface area contributed by atoms with Crippen LogP contribution in [0.1, 0.15) is 36.1 Å². The first-order valence-corrected chi connectivity index (χ1v) is 11.0. The van der Waals surface area contributed by atoms with E-state index >= 15 is 0 Å². The largest absolute Gasteiger partial charge is 0.459 e. The van der Waals surface area contributed by atoms with Crippen LogP contribution in [-0.4, -0.2) is 24.8 Å². The number of carbonyl (C=O) groups is 3. The van der Waals surface area contributed by atoms with Crippen LogP contribution in [0.25, 0.3) is 0 Å². The van der Waals surface area contributed by atoms with Crippen molar-refractivity contribution in [2.75, 3.05) is 17.3 Å². The second kappa shape index (κ2) is 9.97. The lowest BCUT2D eigenvalue weighted by molar-refractivity contribution is 0.0950. The predicted octanol–water partition coefficient (Wildman–Crippen LogP) is 4.80. The molecule has 0 saturated carbocycles. The maximum atomic E-state index is 12.9. The average molecular weight is 460 g/mol. The van der Waals surface area contributed by atoms with E-state index in [2.05, 4.69) is 10.6 Å². The third kappa shape index (κ3) is 5.19. The van der Waals surface area contributed by atoms with Crippen LogP contribution >= 0.6 is 11.3 Å². The Morgan fingerprint density at radius 3 is 2.39 bits per heavy atom. The lowest BCUT2D eigenvalue weighted by Gasteiger charge is -2.20. The number of para-hydroxylation sites is 1. The van der Waals surface area contributed by atoms with E-state index in [1.54, 1.807) is 61.6 Å². The number of carbonyl (C=O) groups excluding carboxylic acids is 3. The van der Waals surface area contributed by atoms with Gasteiger partial charge in [-0.05, 0) is 53.4 Å². The molecule has 2 aromatic heterocycles. The Balaban J connectivity index is 1.39. The highest BCUT2D eigenvalue weighted by Gasteiger charge is 2.20. The zero-order chi connectivity index (χ0) is 23.2. The number of anilines is 2. The van der Waals surface area contributed by atoms with Crippen molar-refractivity contribution in [2.24, 2.45) is 0 Å². The summed E-state index contributed by atoms with van der Waals surface area (Å²) in [5, 5.41) is 7.48. The van der Waals surface area contributed by atoms with Crippen molar-refractivity contribution in [3.63, 3.8) is 0 Å². The van der Waals surface area contributed by atoms with Gasteiger partial charge in [-0.2, -0.15) is 0 Å². The highest BCUT2D eigenvalue weighted by molar-refractivity contribution is 7.12. The van der Waals surface area contributed by atoms with Crippen molar-refractivity contribution in [3.05, 3.63) is 106 Å². The molecule has 33 heavy (non-hydrogen) atoms. The van der Waals surface area contributed by atoms with Gasteiger partial charge >= 0.3 is 0 Å². The van der Waals surface area contributed by atoms with Crippen molar-refractivity contribution >= 4 is 40.4 Å². The summed E-state index contributed by atoms with van der Waals surface area (Å²) in [7, 11) is 1.66. The smallest absolute Gasteiger partial charge is 0.291 e. The molecule has 166 valence electrons. The molecule has 2 N–H and O–H groups in total. The van der Waals surface area contributed by atoms with Crippen LogP contribution in [0.2, 0.25) is 0 Å². The molecular formula is C25H21N3O4S. The summed E-state index contributed by atoms with van der Waals surface area (Å²) in [6, 6.07) is 20.9. The molecule has 0 bridgehead atoms. The maximum Gasteiger partial charge on any atom is 0.291 e. The molecule has 3 amide bonds. The monoisotopic (exact) mass is 459 g/mol. The fourth-order valence-corrected chi connectivity index (χ4v) is 3.92. The number of amides is 3. The van der Waals surface area contributed by atoms with Crippen molar-refractivity contribution in [1.29, 1.82) is 0 Å². The van der Waals surface area contributed by atoms with Gasteiger partial charge in [-0.1, -0.05) is 30.3 Å². The number of furan rings is 1. The summed E-state index contributed by atoms with van der Waals surface area (Å²) < 4.78 is 5.08. The van der Waals surface area contributed by atoms with Gasteiger partial charge in [0.25, 0.3) is 17.7 Å². The summed E-state index contributed by atoms with van der Waals surface area (Å²) in [4.78, 5) is 39.7. The summed E-state index contributed by atoms with van der Waals surface area (Å²) in [5.74, 6) is -0.560. The molecule has 2 heterocycles.